The highest BCUT2D eigenvalue weighted by atomic mass is 16.2. The van der Waals surface area contributed by atoms with Gasteiger partial charge in [0, 0.05) is 18.5 Å². The van der Waals surface area contributed by atoms with Crippen LogP contribution in [-0.4, -0.2) is 28.9 Å². The monoisotopic (exact) mass is 270 g/mol. The molecule has 0 unspecified atom stereocenters. The summed E-state index contributed by atoms with van der Waals surface area (Å²) >= 11 is 0. The maximum absolute atomic E-state index is 12.5. The molecule has 0 spiro atoms. The number of aromatic nitrogens is 1. The van der Waals surface area contributed by atoms with Gasteiger partial charge in [-0.1, -0.05) is 31.0 Å². The molecule has 1 aromatic carbocycles. The van der Waals surface area contributed by atoms with Crippen LogP contribution >= 0.6 is 0 Å². The van der Waals surface area contributed by atoms with E-state index >= 15 is 0 Å². The van der Waals surface area contributed by atoms with Crippen molar-refractivity contribution in [1.82, 2.24) is 9.88 Å². The zero-order chi connectivity index (χ0) is 14.1. The maximum Gasteiger partial charge on any atom is 0.270 e. The zero-order valence-corrected chi connectivity index (χ0v) is 11.6. The summed E-state index contributed by atoms with van der Waals surface area (Å²) in [6, 6.07) is 9.39. The molecule has 4 nitrogen and oxygen atoms in total. The number of H-pyrrole nitrogens is 1. The first kappa shape index (κ1) is 12.9. The summed E-state index contributed by atoms with van der Waals surface area (Å²) in [6.07, 6.45) is 4.47. The van der Waals surface area contributed by atoms with E-state index < -0.39 is 0 Å². The first-order valence-corrected chi connectivity index (χ1v) is 7.06. The third-order valence-corrected chi connectivity index (χ3v) is 4.18. The Morgan fingerprint density at radius 1 is 1.25 bits per heavy atom. The third kappa shape index (κ3) is 2.22. The third-order valence-electron chi connectivity index (χ3n) is 4.18. The van der Waals surface area contributed by atoms with E-state index in [4.69, 9.17) is 0 Å². The van der Waals surface area contributed by atoms with E-state index in [1.165, 1.54) is 12.8 Å². The molecule has 0 aliphatic heterocycles. The van der Waals surface area contributed by atoms with Gasteiger partial charge in [0.25, 0.3) is 11.5 Å². The molecule has 1 aliphatic carbocycles. The standard InChI is InChI=1S/C16H18N2O2/c1-18(12-7-3-4-8-12)16(20)14-10-11-6-2-5-9-13(11)15(19)17-14/h2,5-6,9-10,12H,3-4,7-8H2,1H3,(H,17,19). The topological polar surface area (TPSA) is 53.2 Å². The fraction of sp³-hybridized carbons (Fsp3) is 0.375. The van der Waals surface area contributed by atoms with Gasteiger partial charge in [0.2, 0.25) is 0 Å². The molecule has 0 atom stereocenters. The highest BCUT2D eigenvalue weighted by molar-refractivity contribution is 5.96. The molecule has 1 N–H and O–H groups in total. The fourth-order valence-electron chi connectivity index (χ4n) is 2.97. The number of carbonyl (C=O) groups is 1. The summed E-state index contributed by atoms with van der Waals surface area (Å²) in [5.74, 6) is -0.0975. The summed E-state index contributed by atoms with van der Waals surface area (Å²) in [5, 5.41) is 1.42. The molecule has 20 heavy (non-hydrogen) atoms. The number of benzene rings is 1. The Bertz CT molecular complexity index is 699. The van der Waals surface area contributed by atoms with Crippen LogP contribution in [0.3, 0.4) is 0 Å². The van der Waals surface area contributed by atoms with Gasteiger partial charge in [-0.05, 0) is 30.4 Å². The van der Waals surface area contributed by atoms with Crippen LogP contribution in [0.5, 0.6) is 0 Å². The van der Waals surface area contributed by atoms with E-state index in [0.717, 1.165) is 18.2 Å². The second kappa shape index (κ2) is 5.12. The van der Waals surface area contributed by atoms with Gasteiger partial charge in [-0.2, -0.15) is 0 Å². The minimum atomic E-state index is -0.203. The van der Waals surface area contributed by atoms with Gasteiger partial charge in [-0.25, -0.2) is 0 Å². The van der Waals surface area contributed by atoms with Crippen LogP contribution in [-0.2, 0) is 0 Å². The molecule has 1 heterocycles. The molecule has 1 amide bonds. The number of fused-ring (bicyclic) bond motifs is 1. The number of nitrogens with zero attached hydrogens (tertiary/aromatic N) is 1. The van der Waals surface area contributed by atoms with Crippen LogP contribution in [0, 0.1) is 0 Å². The summed E-state index contributed by atoms with van der Waals surface area (Å²) in [6.45, 7) is 0. The Hall–Kier alpha value is -2.10. The molecular formula is C16H18N2O2. The summed E-state index contributed by atoms with van der Waals surface area (Å²) in [7, 11) is 1.83. The Labute approximate surface area is 117 Å². The van der Waals surface area contributed by atoms with Gasteiger partial charge < -0.3 is 9.88 Å². The van der Waals surface area contributed by atoms with E-state index in [-0.39, 0.29) is 11.5 Å². The lowest BCUT2D eigenvalue weighted by molar-refractivity contribution is 0.0729. The molecule has 2 aromatic rings. The molecule has 3 rings (SSSR count). The number of aromatic amines is 1. The molecule has 1 saturated carbocycles. The SMILES string of the molecule is CN(C(=O)c1cc2ccccc2c(=O)[nH]1)C1CCCC1. The Kier molecular flexibility index (Phi) is 3.30. The largest absolute Gasteiger partial charge is 0.337 e. The van der Waals surface area contributed by atoms with Crippen molar-refractivity contribution in [1.29, 1.82) is 0 Å². The highest BCUT2D eigenvalue weighted by Gasteiger charge is 2.24. The van der Waals surface area contributed by atoms with Crippen molar-refractivity contribution < 1.29 is 4.79 Å². The molecule has 0 bridgehead atoms. The van der Waals surface area contributed by atoms with Crippen molar-refractivity contribution in [3.05, 3.63) is 46.4 Å². The zero-order valence-electron chi connectivity index (χ0n) is 11.6. The Morgan fingerprint density at radius 3 is 2.70 bits per heavy atom. The van der Waals surface area contributed by atoms with E-state index in [1.54, 1.807) is 17.0 Å². The number of hydrogen-bond donors (Lipinski definition) is 1. The fourth-order valence-corrected chi connectivity index (χ4v) is 2.97. The lowest BCUT2D eigenvalue weighted by Crippen LogP contribution is -2.36. The van der Waals surface area contributed by atoms with Crippen LogP contribution in [0.2, 0.25) is 0 Å². The van der Waals surface area contributed by atoms with Crippen molar-refractivity contribution in [2.45, 2.75) is 31.7 Å². The smallest absolute Gasteiger partial charge is 0.270 e. The van der Waals surface area contributed by atoms with E-state index in [9.17, 15) is 9.59 Å². The quantitative estimate of drug-likeness (QED) is 0.911. The van der Waals surface area contributed by atoms with Crippen LogP contribution in [0.1, 0.15) is 36.2 Å². The van der Waals surface area contributed by atoms with Gasteiger partial charge >= 0.3 is 0 Å². The van der Waals surface area contributed by atoms with Gasteiger partial charge in [-0.3, -0.25) is 9.59 Å². The summed E-state index contributed by atoms with van der Waals surface area (Å²) < 4.78 is 0. The highest BCUT2D eigenvalue weighted by Crippen LogP contribution is 2.23. The molecule has 0 radical (unpaired) electrons. The normalized spacial score (nSPS) is 15.7. The average molecular weight is 270 g/mol. The van der Waals surface area contributed by atoms with Gasteiger partial charge in [-0.15, -0.1) is 0 Å². The second-order valence-corrected chi connectivity index (χ2v) is 5.45. The van der Waals surface area contributed by atoms with Gasteiger partial charge in [0.15, 0.2) is 0 Å². The first-order valence-electron chi connectivity index (χ1n) is 7.06. The molecule has 1 aliphatic rings. The Morgan fingerprint density at radius 2 is 1.95 bits per heavy atom. The lowest BCUT2D eigenvalue weighted by atomic mass is 10.1. The average Bonchev–Trinajstić information content (AvgIpc) is 3.00. The number of carbonyl (C=O) groups excluding carboxylic acids is 1. The van der Waals surface area contributed by atoms with E-state index in [1.807, 2.05) is 25.2 Å². The molecule has 1 fully saturated rings. The molecule has 1 aromatic heterocycles. The first-order chi connectivity index (χ1) is 9.66. The van der Waals surface area contributed by atoms with Crippen molar-refractivity contribution in [2.75, 3.05) is 7.05 Å². The van der Waals surface area contributed by atoms with Gasteiger partial charge in [0.1, 0.15) is 5.69 Å². The van der Waals surface area contributed by atoms with E-state index in [0.29, 0.717) is 17.1 Å². The lowest BCUT2D eigenvalue weighted by Gasteiger charge is -2.24. The number of amides is 1. The minimum Gasteiger partial charge on any atom is -0.337 e. The number of nitrogens with one attached hydrogen (secondary N) is 1. The molecular weight excluding hydrogens is 252 g/mol. The van der Waals surface area contributed by atoms with Gasteiger partial charge in [0.05, 0.1) is 0 Å². The van der Waals surface area contributed by atoms with Crippen molar-refractivity contribution >= 4 is 16.7 Å². The predicted molar refractivity (Wildman–Crippen MR) is 78.9 cm³/mol. The van der Waals surface area contributed by atoms with E-state index in [2.05, 4.69) is 4.98 Å². The van der Waals surface area contributed by atoms with Crippen LogP contribution in [0.25, 0.3) is 10.8 Å². The summed E-state index contributed by atoms with van der Waals surface area (Å²) in [5.41, 5.74) is 0.175. The minimum absolute atomic E-state index is 0.0975. The number of pyridine rings is 1. The second-order valence-electron chi connectivity index (χ2n) is 5.45. The van der Waals surface area contributed by atoms with Crippen LogP contribution in [0.4, 0.5) is 0 Å². The summed E-state index contributed by atoms with van der Waals surface area (Å²) in [4.78, 5) is 29.0. The number of hydrogen-bond acceptors (Lipinski definition) is 2. The predicted octanol–water partition coefficient (Wildman–Crippen LogP) is 2.54. The van der Waals surface area contributed by atoms with Crippen molar-refractivity contribution in [2.24, 2.45) is 0 Å². The maximum atomic E-state index is 12.5. The molecule has 104 valence electrons. The van der Waals surface area contributed by atoms with Crippen LogP contribution < -0.4 is 5.56 Å². The number of rotatable bonds is 2. The van der Waals surface area contributed by atoms with Crippen molar-refractivity contribution in [3.63, 3.8) is 0 Å². The Balaban J connectivity index is 1.97. The van der Waals surface area contributed by atoms with Crippen LogP contribution in [0.15, 0.2) is 35.1 Å². The van der Waals surface area contributed by atoms with Crippen molar-refractivity contribution in [3.8, 4) is 0 Å². The molecule has 0 saturated heterocycles. The molecule has 4 heteroatoms.